The van der Waals surface area contributed by atoms with Crippen LogP contribution in [0.5, 0.6) is 0 Å². The number of carboxylic acid groups (broad SMARTS) is 1. The predicted octanol–water partition coefficient (Wildman–Crippen LogP) is 2.08. The topological polar surface area (TPSA) is 79.3 Å². The molecule has 0 aromatic carbocycles. The molecular formula is C13H20N2O3S. The molecule has 0 saturated carbocycles. The van der Waals surface area contributed by atoms with Crippen molar-refractivity contribution in [2.24, 2.45) is 0 Å². The van der Waals surface area contributed by atoms with Crippen molar-refractivity contribution < 1.29 is 14.1 Å². The average molecular weight is 284 g/mol. The Labute approximate surface area is 115 Å². The van der Waals surface area contributed by atoms with Crippen molar-refractivity contribution in [3.8, 4) is 0 Å². The lowest BCUT2D eigenvalue weighted by atomic mass is 10.1. The number of hydrogen-bond donors (Lipinski definition) is 2. The van der Waals surface area contributed by atoms with Crippen molar-refractivity contribution in [3.63, 3.8) is 0 Å². The van der Waals surface area contributed by atoms with Gasteiger partial charge in [-0.1, -0.05) is 20.8 Å². The Morgan fingerprint density at radius 1 is 1.47 bits per heavy atom. The minimum atomic E-state index is -0.968. The largest absolute Gasteiger partial charge is 0.478 e. The molecule has 5 nitrogen and oxygen atoms in total. The fourth-order valence-electron chi connectivity index (χ4n) is 1.50. The number of aromatic nitrogens is 1. The van der Waals surface area contributed by atoms with Crippen molar-refractivity contribution >= 4 is 22.6 Å². The molecule has 1 unspecified atom stereocenters. The van der Waals surface area contributed by atoms with Crippen LogP contribution in [0.15, 0.2) is 12.1 Å². The first-order valence-electron chi connectivity index (χ1n) is 6.28. The number of carboxylic acids is 1. The van der Waals surface area contributed by atoms with E-state index in [1.54, 1.807) is 6.07 Å². The van der Waals surface area contributed by atoms with Crippen LogP contribution in [-0.2, 0) is 10.8 Å². The summed E-state index contributed by atoms with van der Waals surface area (Å²) in [6, 6.07) is 3.09. The lowest BCUT2D eigenvalue weighted by molar-refractivity contribution is 0.0696. The van der Waals surface area contributed by atoms with Crippen molar-refractivity contribution in [3.05, 3.63) is 23.4 Å². The van der Waals surface area contributed by atoms with E-state index in [1.807, 2.05) is 20.8 Å². The maximum absolute atomic E-state index is 11.3. The Morgan fingerprint density at radius 2 is 2.16 bits per heavy atom. The van der Waals surface area contributed by atoms with Crippen LogP contribution in [0.3, 0.4) is 0 Å². The van der Waals surface area contributed by atoms with E-state index in [9.17, 15) is 9.00 Å². The standard InChI is InChI=1S/C13H20N2O3S/c1-4-19(18)6-5-14-12-8-10(13(16)17)7-11(15-12)9(2)3/h7-9H,4-6H2,1-3H3,(H,14,15)(H,16,17). The molecule has 0 saturated heterocycles. The van der Waals surface area contributed by atoms with Gasteiger partial charge < -0.3 is 10.4 Å². The van der Waals surface area contributed by atoms with Crippen LogP contribution in [0.2, 0.25) is 0 Å². The minimum absolute atomic E-state index is 0.157. The number of rotatable bonds is 7. The molecule has 0 amide bonds. The van der Waals surface area contributed by atoms with Gasteiger partial charge in [0.1, 0.15) is 5.82 Å². The van der Waals surface area contributed by atoms with E-state index < -0.39 is 16.8 Å². The Morgan fingerprint density at radius 3 is 2.68 bits per heavy atom. The maximum Gasteiger partial charge on any atom is 0.335 e. The van der Waals surface area contributed by atoms with Gasteiger partial charge in [0.15, 0.2) is 0 Å². The highest BCUT2D eigenvalue weighted by Crippen LogP contribution is 2.17. The molecule has 1 aromatic rings. The Kier molecular flexibility index (Phi) is 5.95. The van der Waals surface area contributed by atoms with E-state index in [4.69, 9.17) is 5.11 Å². The number of hydrogen-bond acceptors (Lipinski definition) is 4. The molecule has 106 valence electrons. The van der Waals surface area contributed by atoms with Gasteiger partial charge in [0.2, 0.25) is 0 Å². The van der Waals surface area contributed by atoms with Gasteiger partial charge in [0.05, 0.1) is 5.56 Å². The van der Waals surface area contributed by atoms with Gasteiger partial charge in [0.25, 0.3) is 0 Å². The molecule has 0 spiro atoms. The van der Waals surface area contributed by atoms with E-state index in [-0.39, 0.29) is 11.5 Å². The van der Waals surface area contributed by atoms with Crippen LogP contribution in [0.1, 0.15) is 42.7 Å². The summed E-state index contributed by atoms with van der Waals surface area (Å²) in [5.41, 5.74) is 0.955. The zero-order chi connectivity index (χ0) is 14.4. The second-order valence-corrected chi connectivity index (χ2v) is 6.35. The quantitative estimate of drug-likeness (QED) is 0.801. The summed E-state index contributed by atoms with van der Waals surface area (Å²) in [4.78, 5) is 15.4. The summed E-state index contributed by atoms with van der Waals surface area (Å²) in [6.45, 7) is 6.32. The van der Waals surface area contributed by atoms with Crippen molar-refractivity contribution in [2.75, 3.05) is 23.4 Å². The third-order valence-corrected chi connectivity index (χ3v) is 3.94. The number of aromatic carboxylic acids is 1. The van der Waals surface area contributed by atoms with Crippen molar-refractivity contribution in [1.29, 1.82) is 0 Å². The minimum Gasteiger partial charge on any atom is -0.478 e. The third kappa shape index (κ3) is 4.98. The second-order valence-electron chi connectivity index (χ2n) is 4.49. The van der Waals surface area contributed by atoms with Gasteiger partial charge in [-0.05, 0) is 18.1 Å². The monoisotopic (exact) mass is 284 g/mol. The molecule has 0 radical (unpaired) electrons. The highest BCUT2D eigenvalue weighted by molar-refractivity contribution is 7.84. The summed E-state index contributed by atoms with van der Waals surface area (Å²) < 4.78 is 11.3. The first-order chi connectivity index (χ1) is 8.93. The molecular weight excluding hydrogens is 264 g/mol. The van der Waals surface area contributed by atoms with E-state index in [0.29, 0.717) is 23.9 Å². The van der Waals surface area contributed by atoms with Gasteiger partial charge in [-0.25, -0.2) is 9.78 Å². The predicted molar refractivity (Wildman–Crippen MR) is 77.3 cm³/mol. The smallest absolute Gasteiger partial charge is 0.335 e. The Balaban J connectivity index is 2.82. The number of anilines is 1. The zero-order valence-corrected chi connectivity index (χ0v) is 12.3. The van der Waals surface area contributed by atoms with E-state index >= 15 is 0 Å². The van der Waals surface area contributed by atoms with Crippen LogP contribution in [-0.4, -0.2) is 38.3 Å². The molecule has 0 bridgehead atoms. The molecule has 1 atom stereocenters. The van der Waals surface area contributed by atoms with Gasteiger partial charge >= 0.3 is 5.97 Å². The van der Waals surface area contributed by atoms with E-state index in [0.717, 1.165) is 5.69 Å². The number of carbonyl (C=O) groups is 1. The SMILES string of the molecule is CCS(=O)CCNc1cc(C(=O)O)cc(C(C)C)n1. The molecule has 0 aliphatic heterocycles. The van der Waals surface area contributed by atoms with E-state index in [1.165, 1.54) is 6.07 Å². The Hall–Kier alpha value is -1.43. The summed E-state index contributed by atoms with van der Waals surface area (Å²) in [5, 5.41) is 12.1. The number of pyridine rings is 1. The van der Waals surface area contributed by atoms with E-state index in [2.05, 4.69) is 10.3 Å². The van der Waals surface area contributed by atoms with Crippen LogP contribution >= 0.6 is 0 Å². The maximum atomic E-state index is 11.3. The van der Waals surface area contributed by atoms with Gasteiger partial charge in [0, 0.05) is 34.5 Å². The summed E-state index contributed by atoms with van der Waals surface area (Å²) >= 11 is 0. The lowest BCUT2D eigenvalue weighted by Crippen LogP contribution is -2.14. The molecule has 1 aromatic heterocycles. The highest BCUT2D eigenvalue weighted by atomic mass is 32.2. The normalized spacial score (nSPS) is 12.4. The fourth-order valence-corrected chi connectivity index (χ4v) is 2.12. The molecule has 2 N–H and O–H groups in total. The fraction of sp³-hybridized carbons (Fsp3) is 0.538. The second kappa shape index (κ2) is 7.23. The molecule has 6 heteroatoms. The summed E-state index contributed by atoms with van der Waals surface area (Å²) in [6.07, 6.45) is 0. The Bertz CT molecular complexity index is 475. The number of nitrogens with one attached hydrogen (secondary N) is 1. The van der Waals surface area contributed by atoms with Crippen LogP contribution in [0, 0.1) is 0 Å². The highest BCUT2D eigenvalue weighted by Gasteiger charge is 2.10. The average Bonchev–Trinajstić information content (AvgIpc) is 2.38. The molecule has 0 aliphatic carbocycles. The third-order valence-electron chi connectivity index (χ3n) is 2.64. The first-order valence-corrected chi connectivity index (χ1v) is 7.77. The van der Waals surface area contributed by atoms with Crippen molar-refractivity contribution in [2.45, 2.75) is 26.7 Å². The number of nitrogens with zero attached hydrogens (tertiary/aromatic N) is 1. The lowest BCUT2D eigenvalue weighted by Gasteiger charge is -2.11. The van der Waals surface area contributed by atoms with Crippen LogP contribution in [0.25, 0.3) is 0 Å². The summed E-state index contributed by atoms with van der Waals surface area (Å²) in [5.74, 6) is 0.874. The van der Waals surface area contributed by atoms with Gasteiger partial charge in [-0.2, -0.15) is 0 Å². The summed E-state index contributed by atoms with van der Waals surface area (Å²) in [7, 11) is -0.836. The van der Waals surface area contributed by atoms with Crippen LogP contribution < -0.4 is 5.32 Å². The van der Waals surface area contributed by atoms with Gasteiger partial charge in [-0.3, -0.25) is 4.21 Å². The van der Waals surface area contributed by atoms with Gasteiger partial charge in [-0.15, -0.1) is 0 Å². The van der Waals surface area contributed by atoms with Crippen LogP contribution in [0.4, 0.5) is 5.82 Å². The molecule has 0 fully saturated rings. The first kappa shape index (κ1) is 15.6. The molecule has 1 rings (SSSR count). The zero-order valence-electron chi connectivity index (χ0n) is 11.5. The van der Waals surface area contributed by atoms with Crippen molar-refractivity contribution in [1.82, 2.24) is 4.98 Å². The molecule has 0 aliphatic rings. The molecule has 19 heavy (non-hydrogen) atoms. The molecule has 1 heterocycles.